The predicted octanol–water partition coefficient (Wildman–Crippen LogP) is 1.91. The Morgan fingerprint density at radius 1 is 1.18 bits per heavy atom. The van der Waals surface area contributed by atoms with Gasteiger partial charge in [0.05, 0.1) is 10.6 Å². The largest absolute Gasteiger partial charge is 0.350 e. The number of nitrogens with zero attached hydrogens (tertiary/aromatic N) is 1. The van der Waals surface area contributed by atoms with Gasteiger partial charge in [-0.15, -0.1) is 4.83 Å². The van der Waals surface area contributed by atoms with Gasteiger partial charge >= 0.3 is 6.03 Å². The van der Waals surface area contributed by atoms with E-state index in [-0.39, 0.29) is 10.6 Å². The molecule has 116 valence electrons. The van der Waals surface area contributed by atoms with Crippen molar-refractivity contribution in [3.63, 3.8) is 0 Å². The van der Waals surface area contributed by atoms with E-state index >= 15 is 0 Å². The maximum Gasteiger partial charge on any atom is 0.334 e. The first kappa shape index (κ1) is 15.9. The van der Waals surface area contributed by atoms with Crippen molar-refractivity contribution in [1.82, 2.24) is 4.83 Å². The van der Waals surface area contributed by atoms with Gasteiger partial charge in [-0.3, -0.25) is 0 Å². The number of amides is 2. The van der Waals surface area contributed by atoms with Crippen LogP contribution in [0.4, 0.5) is 14.9 Å². The maximum absolute atomic E-state index is 12.9. The molecule has 0 radical (unpaired) electrons. The van der Waals surface area contributed by atoms with Crippen molar-refractivity contribution in [2.45, 2.75) is 11.8 Å². The standard InChI is InChI=1S/C14H14FN3O3S/c1-10-3-2-4-12(9-10)18(14(16)19)17-22(20,21)13-7-5-11(15)6-8-13/h2-9,17H,1H3,(H2,16,19). The van der Waals surface area contributed by atoms with E-state index in [1.54, 1.807) is 25.1 Å². The average Bonchev–Trinajstić information content (AvgIpc) is 2.45. The predicted molar refractivity (Wildman–Crippen MR) is 80.0 cm³/mol. The normalized spacial score (nSPS) is 11.2. The molecule has 0 aromatic heterocycles. The Bertz CT molecular complexity index is 791. The number of hydrogen-bond acceptors (Lipinski definition) is 3. The van der Waals surface area contributed by atoms with E-state index in [2.05, 4.69) is 4.83 Å². The van der Waals surface area contributed by atoms with Gasteiger partial charge < -0.3 is 5.73 Å². The molecule has 0 aliphatic heterocycles. The summed E-state index contributed by atoms with van der Waals surface area (Å²) in [5, 5.41) is 0.714. The third-order valence-corrected chi connectivity index (χ3v) is 4.13. The lowest BCUT2D eigenvalue weighted by Crippen LogP contribution is -2.49. The summed E-state index contributed by atoms with van der Waals surface area (Å²) in [6, 6.07) is 9.79. The third kappa shape index (κ3) is 3.60. The Morgan fingerprint density at radius 2 is 1.82 bits per heavy atom. The third-order valence-electron chi connectivity index (χ3n) is 2.82. The van der Waals surface area contributed by atoms with Gasteiger partial charge in [0.25, 0.3) is 10.0 Å². The molecule has 0 saturated heterocycles. The Morgan fingerprint density at radius 3 is 2.36 bits per heavy atom. The lowest BCUT2D eigenvalue weighted by Gasteiger charge is -2.21. The van der Waals surface area contributed by atoms with Gasteiger partial charge in [0.2, 0.25) is 0 Å². The van der Waals surface area contributed by atoms with E-state index in [9.17, 15) is 17.6 Å². The fourth-order valence-corrected chi connectivity index (χ4v) is 2.81. The molecule has 0 spiro atoms. The summed E-state index contributed by atoms with van der Waals surface area (Å²) in [6.45, 7) is 1.79. The van der Waals surface area contributed by atoms with Crippen molar-refractivity contribution in [3.8, 4) is 0 Å². The Labute approximate surface area is 127 Å². The van der Waals surface area contributed by atoms with Gasteiger partial charge in [-0.05, 0) is 48.9 Å². The molecule has 22 heavy (non-hydrogen) atoms. The number of benzene rings is 2. The molecule has 0 unspecified atom stereocenters. The number of hydrogen-bond donors (Lipinski definition) is 2. The van der Waals surface area contributed by atoms with E-state index in [0.29, 0.717) is 5.01 Å². The summed E-state index contributed by atoms with van der Waals surface area (Å²) in [4.78, 5) is 13.4. The maximum atomic E-state index is 12.9. The van der Waals surface area contributed by atoms with Crippen LogP contribution in [0.3, 0.4) is 0 Å². The smallest absolute Gasteiger partial charge is 0.334 e. The zero-order chi connectivity index (χ0) is 16.3. The second-order valence-electron chi connectivity index (χ2n) is 4.56. The number of halogens is 1. The number of primary amides is 1. The van der Waals surface area contributed by atoms with Crippen molar-refractivity contribution < 1.29 is 17.6 Å². The first-order chi connectivity index (χ1) is 10.3. The fourth-order valence-electron chi connectivity index (χ4n) is 1.78. The van der Waals surface area contributed by atoms with Crippen LogP contribution in [0, 0.1) is 12.7 Å². The molecule has 2 rings (SSSR count). The number of carbonyl (C=O) groups excluding carboxylic acids is 1. The number of nitrogens with one attached hydrogen (secondary N) is 1. The van der Waals surface area contributed by atoms with Gasteiger partial charge in [0.15, 0.2) is 0 Å². The van der Waals surface area contributed by atoms with E-state index in [4.69, 9.17) is 5.73 Å². The van der Waals surface area contributed by atoms with Crippen LogP contribution in [-0.4, -0.2) is 14.4 Å². The van der Waals surface area contributed by atoms with Crippen molar-refractivity contribution in [2.24, 2.45) is 5.73 Å². The van der Waals surface area contributed by atoms with Crippen LogP contribution >= 0.6 is 0 Å². The van der Waals surface area contributed by atoms with E-state index in [1.807, 2.05) is 0 Å². The van der Waals surface area contributed by atoms with Crippen LogP contribution in [0.15, 0.2) is 53.4 Å². The molecule has 0 aliphatic rings. The molecular formula is C14H14FN3O3S. The highest BCUT2D eigenvalue weighted by Gasteiger charge is 2.22. The van der Waals surface area contributed by atoms with Gasteiger partial charge in [-0.25, -0.2) is 22.6 Å². The summed E-state index contributed by atoms with van der Waals surface area (Å²) < 4.78 is 37.3. The number of sulfonamides is 1. The molecular weight excluding hydrogens is 309 g/mol. The second kappa shape index (κ2) is 6.12. The number of aryl methyl sites for hydroxylation is 1. The van der Waals surface area contributed by atoms with Crippen LogP contribution < -0.4 is 15.6 Å². The highest BCUT2D eigenvalue weighted by Crippen LogP contribution is 2.17. The first-order valence-electron chi connectivity index (χ1n) is 6.24. The Balaban J connectivity index is 2.35. The van der Waals surface area contributed by atoms with Crippen LogP contribution in [0.1, 0.15) is 5.56 Å². The Hall–Kier alpha value is -2.45. The molecule has 3 N–H and O–H groups in total. The van der Waals surface area contributed by atoms with Crippen LogP contribution in [-0.2, 0) is 10.0 Å². The molecule has 2 aromatic carbocycles. The summed E-state index contributed by atoms with van der Waals surface area (Å²) in [5.41, 5.74) is 6.33. The highest BCUT2D eigenvalue weighted by atomic mass is 32.2. The van der Waals surface area contributed by atoms with Gasteiger partial charge in [-0.1, -0.05) is 12.1 Å². The Kier molecular flexibility index (Phi) is 4.43. The number of carbonyl (C=O) groups is 1. The van der Waals surface area contributed by atoms with Gasteiger partial charge in [0, 0.05) is 0 Å². The van der Waals surface area contributed by atoms with E-state index in [1.165, 1.54) is 6.07 Å². The number of rotatable bonds is 4. The average molecular weight is 323 g/mol. The van der Waals surface area contributed by atoms with Crippen molar-refractivity contribution in [2.75, 3.05) is 5.01 Å². The van der Waals surface area contributed by atoms with Crippen molar-refractivity contribution in [3.05, 3.63) is 59.9 Å². The van der Waals surface area contributed by atoms with Crippen LogP contribution in [0.5, 0.6) is 0 Å². The minimum Gasteiger partial charge on any atom is -0.350 e. The lowest BCUT2D eigenvalue weighted by molar-refractivity contribution is 0.253. The van der Waals surface area contributed by atoms with E-state index in [0.717, 1.165) is 29.8 Å². The molecule has 2 aromatic rings. The number of nitrogens with two attached hydrogens (primary N) is 1. The molecule has 2 amide bonds. The highest BCUT2D eigenvalue weighted by molar-refractivity contribution is 7.89. The lowest BCUT2D eigenvalue weighted by atomic mass is 10.2. The molecule has 0 fully saturated rings. The number of urea groups is 1. The molecule has 0 saturated carbocycles. The molecule has 0 heterocycles. The van der Waals surface area contributed by atoms with Crippen molar-refractivity contribution in [1.29, 1.82) is 0 Å². The molecule has 8 heteroatoms. The fraction of sp³-hybridized carbons (Fsp3) is 0.0714. The quantitative estimate of drug-likeness (QED) is 0.842. The zero-order valence-electron chi connectivity index (χ0n) is 11.7. The summed E-state index contributed by atoms with van der Waals surface area (Å²) in [7, 11) is -4.07. The first-order valence-corrected chi connectivity index (χ1v) is 7.72. The second-order valence-corrected chi connectivity index (χ2v) is 6.22. The molecule has 0 aliphatic carbocycles. The topological polar surface area (TPSA) is 92.5 Å². The van der Waals surface area contributed by atoms with Gasteiger partial charge in [0.1, 0.15) is 5.82 Å². The molecule has 6 nitrogen and oxygen atoms in total. The van der Waals surface area contributed by atoms with Crippen LogP contribution in [0.25, 0.3) is 0 Å². The summed E-state index contributed by atoms with van der Waals surface area (Å²) in [5.74, 6) is -0.565. The number of hydrazine groups is 1. The van der Waals surface area contributed by atoms with Crippen LogP contribution in [0.2, 0.25) is 0 Å². The minimum absolute atomic E-state index is 0.187. The summed E-state index contributed by atoms with van der Waals surface area (Å²) in [6.07, 6.45) is 0. The monoisotopic (exact) mass is 323 g/mol. The molecule has 0 bridgehead atoms. The minimum atomic E-state index is -4.07. The SMILES string of the molecule is Cc1cccc(N(NS(=O)(=O)c2ccc(F)cc2)C(N)=O)c1. The zero-order valence-corrected chi connectivity index (χ0v) is 12.5. The van der Waals surface area contributed by atoms with E-state index < -0.39 is 21.9 Å². The van der Waals surface area contributed by atoms with Gasteiger partial charge in [-0.2, -0.15) is 0 Å². The summed E-state index contributed by atoms with van der Waals surface area (Å²) >= 11 is 0. The molecule has 0 atom stereocenters. The van der Waals surface area contributed by atoms with Crippen molar-refractivity contribution >= 4 is 21.7 Å². The number of anilines is 1.